The molecule has 0 amide bonds. The highest BCUT2D eigenvalue weighted by Crippen LogP contribution is 2.21. The molecule has 27 heavy (non-hydrogen) atoms. The molecule has 0 bridgehead atoms. The average molecular weight is 363 g/mol. The number of nitrogens with zero attached hydrogens (tertiary/aromatic N) is 4. The summed E-state index contributed by atoms with van der Waals surface area (Å²) in [5, 5.41) is 3.34. The predicted octanol–water partition coefficient (Wildman–Crippen LogP) is 4.00. The van der Waals surface area contributed by atoms with Crippen LogP contribution in [0.4, 0.5) is 17.5 Å². The molecule has 0 aliphatic heterocycles. The van der Waals surface area contributed by atoms with Gasteiger partial charge in [-0.25, -0.2) is 4.98 Å². The smallest absolute Gasteiger partial charge is 0.227 e. The minimum Gasteiger partial charge on any atom is -0.494 e. The molecule has 0 radical (unpaired) electrons. The van der Waals surface area contributed by atoms with Gasteiger partial charge in [0, 0.05) is 43.4 Å². The van der Waals surface area contributed by atoms with Crippen LogP contribution in [0.3, 0.4) is 0 Å². The van der Waals surface area contributed by atoms with Gasteiger partial charge in [-0.05, 0) is 62.2 Å². The third kappa shape index (κ3) is 5.41. The lowest BCUT2D eigenvalue weighted by molar-refractivity contribution is 0.340. The van der Waals surface area contributed by atoms with Gasteiger partial charge in [0.15, 0.2) is 0 Å². The van der Waals surface area contributed by atoms with Gasteiger partial charge in [-0.1, -0.05) is 0 Å². The number of pyridine rings is 1. The number of aryl methyl sites for hydroxylation is 1. The van der Waals surface area contributed by atoms with Crippen molar-refractivity contribution in [3.63, 3.8) is 0 Å². The minimum atomic E-state index is 0.660. The molecule has 3 rings (SSSR count). The number of anilines is 3. The first-order chi connectivity index (χ1) is 13.1. The van der Waals surface area contributed by atoms with E-state index in [-0.39, 0.29) is 0 Å². The molecule has 0 aliphatic rings. The van der Waals surface area contributed by atoms with Gasteiger partial charge in [0.2, 0.25) is 5.95 Å². The van der Waals surface area contributed by atoms with Crippen LogP contribution in [-0.2, 0) is 6.42 Å². The first-order valence-electron chi connectivity index (χ1n) is 9.09. The van der Waals surface area contributed by atoms with Gasteiger partial charge in [0.05, 0.1) is 6.61 Å². The summed E-state index contributed by atoms with van der Waals surface area (Å²) in [6.45, 7) is 5.44. The van der Waals surface area contributed by atoms with E-state index < -0.39 is 0 Å². The molecule has 0 saturated carbocycles. The summed E-state index contributed by atoms with van der Waals surface area (Å²) in [6.07, 6.45) is 4.55. The molecule has 0 aliphatic carbocycles. The summed E-state index contributed by atoms with van der Waals surface area (Å²) < 4.78 is 5.48. The standard InChI is InChI=1S/C21H25N5O/c1-4-27-19-7-5-18(6-8-19)24-20-15-16(2)23-21(25-20)26(3)14-11-17-9-12-22-13-10-17/h5-10,12-13,15H,4,11,14H2,1-3H3,(H,23,24,25). The normalized spacial score (nSPS) is 10.5. The van der Waals surface area contributed by atoms with Crippen molar-refractivity contribution >= 4 is 17.5 Å². The van der Waals surface area contributed by atoms with Crippen LogP contribution in [0.2, 0.25) is 0 Å². The zero-order chi connectivity index (χ0) is 19.1. The van der Waals surface area contributed by atoms with Crippen LogP contribution in [0.5, 0.6) is 5.75 Å². The number of nitrogens with one attached hydrogen (secondary N) is 1. The van der Waals surface area contributed by atoms with Crippen LogP contribution >= 0.6 is 0 Å². The lowest BCUT2D eigenvalue weighted by Gasteiger charge is -2.18. The third-order valence-electron chi connectivity index (χ3n) is 4.11. The minimum absolute atomic E-state index is 0.660. The highest BCUT2D eigenvalue weighted by atomic mass is 16.5. The average Bonchev–Trinajstić information content (AvgIpc) is 2.68. The number of ether oxygens (including phenoxy) is 1. The first kappa shape index (κ1) is 18.6. The van der Waals surface area contributed by atoms with E-state index in [1.807, 2.05) is 75.8 Å². The number of hydrogen-bond acceptors (Lipinski definition) is 6. The molecule has 6 nitrogen and oxygen atoms in total. The highest BCUT2D eigenvalue weighted by molar-refractivity contribution is 5.58. The monoisotopic (exact) mass is 363 g/mol. The number of likely N-dealkylation sites (N-methyl/N-ethyl adjacent to an activating group) is 1. The molecule has 3 aromatic rings. The molecular weight excluding hydrogens is 338 g/mol. The van der Waals surface area contributed by atoms with E-state index in [4.69, 9.17) is 4.74 Å². The van der Waals surface area contributed by atoms with Crippen molar-refractivity contribution in [2.45, 2.75) is 20.3 Å². The zero-order valence-electron chi connectivity index (χ0n) is 16.0. The van der Waals surface area contributed by atoms with Gasteiger partial charge in [-0.3, -0.25) is 4.98 Å². The Morgan fingerprint density at radius 3 is 2.48 bits per heavy atom. The van der Waals surface area contributed by atoms with Crippen molar-refractivity contribution in [3.05, 3.63) is 66.1 Å². The molecule has 1 N–H and O–H groups in total. The molecule has 2 heterocycles. The van der Waals surface area contributed by atoms with Crippen LogP contribution in [-0.4, -0.2) is 35.2 Å². The Balaban J connectivity index is 1.67. The SMILES string of the molecule is CCOc1ccc(Nc2cc(C)nc(N(C)CCc3ccncc3)n2)cc1. The van der Waals surface area contributed by atoms with E-state index in [0.717, 1.165) is 35.9 Å². The fourth-order valence-corrected chi connectivity index (χ4v) is 2.68. The Morgan fingerprint density at radius 2 is 1.78 bits per heavy atom. The Labute approximate surface area is 160 Å². The largest absolute Gasteiger partial charge is 0.494 e. The van der Waals surface area contributed by atoms with Crippen molar-refractivity contribution < 1.29 is 4.74 Å². The summed E-state index contributed by atoms with van der Waals surface area (Å²) >= 11 is 0. The van der Waals surface area contributed by atoms with Gasteiger partial charge in [0.1, 0.15) is 11.6 Å². The van der Waals surface area contributed by atoms with Crippen LogP contribution in [0.25, 0.3) is 0 Å². The lowest BCUT2D eigenvalue weighted by Crippen LogP contribution is -2.23. The van der Waals surface area contributed by atoms with Crippen LogP contribution < -0.4 is 15.0 Å². The van der Waals surface area contributed by atoms with Crippen molar-refractivity contribution in [2.75, 3.05) is 30.4 Å². The van der Waals surface area contributed by atoms with Crippen molar-refractivity contribution in [3.8, 4) is 5.75 Å². The number of benzene rings is 1. The Bertz CT molecular complexity index is 852. The molecule has 0 saturated heterocycles. The summed E-state index contributed by atoms with van der Waals surface area (Å²) in [6, 6.07) is 13.9. The molecule has 0 atom stereocenters. The van der Waals surface area contributed by atoms with E-state index in [0.29, 0.717) is 12.6 Å². The zero-order valence-corrected chi connectivity index (χ0v) is 16.0. The van der Waals surface area contributed by atoms with E-state index in [9.17, 15) is 0 Å². The number of aromatic nitrogens is 3. The van der Waals surface area contributed by atoms with Crippen molar-refractivity contribution in [1.29, 1.82) is 0 Å². The van der Waals surface area contributed by atoms with Gasteiger partial charge in [0.25, 0.3) is 0 Å². The lowest BCUT2D eigenvalue weighted by atomic mass is 10.2. The third-order valence-corrected chi connectivity index (χ3v) is 4.11. The van der Waals surface area contributed by atoms with Gasteiger partial charge in [-0.15, -0.1) is 0 Å². The quantitative estimate of drug-likeness (QED) is 0.653. The Hall–Kier alpha value is -3.15. The topological polar surface area (TPSA) is 63.2 Å². The number of hydrogen-bond donors (Lipinski definition) is 1. The molecule has 140 valence electrons. The number of rotatable bonds is 8. The first-order valence-corrected chi connectivity index (χ1v) is 9.09. The van der Waals surface area contributed by atoms with Crippen molar-refractivity contribution in [2.24, 2.45) is 0 Å². The highest BCUT2D eigenvalue weighted by Gasteiger charge is 2.08. The van der Waals surface area contributed by atoms with E-state index >= 15 is 0 Å². The molecule has 0 fully saturated rings. The van der Waals surface area contributed by atoms with Crippen LogP contribution in [0.15, 0.2) is 54.9 Å². The van der Waals surface area contributed by atoms with Crippen LogP contribution in [0, 0.1) is 6.92 Å². The molecule has 6 heteroatoms. The summed E-state index contributed by atoms with van der Waals surface area (Å²) in [4.78, 5) is 15.3. The second kappa shape index (κ2) is 8.98. The van der Waals surface area contributed by atoms with Crippen molar-refractivity contribution in [1.82, 2.24) is 15.0 Å². The van der Waals surface area contributed by atoms with Gasteiger partial charge in [-0.2, -0.15) is 4.98 Å². The van der Waals surface area contributed by atoms with E-state index in [1.165, 1.54) is 5.56 Å². The Morgan fingerprint density at radius 1 is 1.04 bits per heavy atom. The molecule has 0 unspecified atom stereocenters. The van der Waals surface area contributed by atoms with E-state index in [1.54, 1.807) is 0 Å². The summed E-state index contributed by atoms with van der Waals surface area (Å²) in [7, 11) is 2.01. The maximum Gasteiger partial charge on any atom is 0.227 e. The van der Waals surface area contributed by atoms with Crippen LogP contribution in [0.1, 0.15) is 18.2 Å². The second-order valence-electron chi connectivity index (χ2n) is 6.30. The fraction of sp³-hybridized carbons (Fsp3) is 0.286. The maximum absolute atomic E-state index is 5.48. The summed E-state index contributed by atoms with van der Waals surface area (Å²) in [5.74, 6) is 2.34. The summed E-state index contributed by atoms with van der Waals surface area (Å²) in [5.41, 5.74) is 3.13. The molecule has 1 aromatic carbocycles. The maximum atomic E-state index is 5.48. The molecule has 0 spiro atoms. The predicted molar refractivity (Wildman–Crippen MR) is 109 cm³/mol. The second-order valence-corrected chi connectivity index (χ2v) is 6.30. The Kier molecular flexibility index (Phi) is 6.20. The van der Waals surface area contributed by atoms with Gasteiger partial charge < -0.3 is 15.0 Å². The molecular formula is C21H25N5O. The molecule has 2 aromatic heterocycles. The van der Waals surface area contributed by atoms with Gasteiger partial charge >= 0.3 is 0 Å². The van der Waals surface area contributed by atoms with E-state index in [2.05, 4.69) is 25.2 Å². The fourth-order valence-electron chi connectivity index (χ4n) is 2.68.